The van der Waals surface area contributed by atoms with Crippen molar-refractivity contribution in [1.29, 1.82) is 0 Å². The number of nitrogens with one attached hydrogen (secondary N) is 1. The Bertz CT molecular complexity index is 966. The number of para-hydroxylation sites is 1. The maximum Gasteiger partial charge on any atom is 0.226 e. The molecule has 172 valence electrons. The molecule has 2 aromatic carbocycles. The number of ether oxygens (including phenoxy) is 1. The molecule has 1 saturated heterocycles. The molecule has 1 heterocycles. The number of hydrogen-bond donors (Lipinski definition) is 1. The summed E-state index contributed by atoms with van der Waals surface area (Å²) in [4.78, 5) is 28.0. The number of piperidine rings is 1. The number of carbonyl (C=O) groups excluding carboxylic acids is 2. The third kappa shape index (κ3) is 5.09. The van der Waals surface area contributed by atoms with Crippen LogP contribution in [0.15, 0.2) is 42.5 Å². The van der Waals surface area contributed by atoms with Crippen LogP contribution in [0.4, 0.5) is 8.78 Å². The number of rotatable bonds is 8. The fourth-order valence-electron chi connectivity index (χ4n) is 4.37. The minimum absolute atomic E-state index is 0.0102. The first-order chi connectivity index (χ1) is 15.4. The van der Waals surface area contributed by atoms with Crippen LogP contribution in [-0.4, -0.2) is 30.4 Å². The van der Waals surface area contributed by atoms with Gasteiger partial charge in [-0.1, -0.05) is 37.6 Å². The highest BCUT2D eigenvalue weighted by Crippen LogP contribution is 2.41. The van der Waals surface area contributed by atoms with Gasteiger partial charge in [0.2, 0.25) is 11.8 Å². The molecule has 3 unspecified atom stereocenters. The minimum atomic E-state index is -0.706. The molecule has 1 N–H and O–H groups in total. The average molecular weight is 445 g/mol. The van der Waals surface area contributed by atoms with E-state index in [-0.39, 0.29) is 23.8 Å². The van der Waals surface area contributed by atoms with E-state index in [1.807, 2.05) is 24.3 Å². The molecule has 1 aliphatic heterocycles. The van der Waals surface area contributed by atoms with Crippen LogP contribution < -0.4 is 10.1 Å². The highest BCUT2D eigenvalue weighted by molar-refractivity contribution is 5.85. The second-order valence-electron chi connectivity index (χ2n) is 8.17. The Labute approximate surface area is 187 Å². The Balaban J connectivity index is 1.92. The van der Waals surface area contributed by atoms with Crippen molar-refractivity contribution in [2.75, 3.05) is 13.7 Å². The smallest absolute Gasteiger partial charge is 0.226 e. The van der Waals surface area contributed by atoms with Crippen LogP contribution >= 0.6 is 0 Å². The van der Waals surface area contributed by atoms with E-state index < -0.39 is 29.6 Å². The number of carbonyl (C=O) groups is 2. The summed E-state index contributed by atoms with van der Waals surface area (Å²) >= 11 is 0. The van der Waals surface area contributed by atoms with Gasteiger partial charge in [-0.15, -0.1) is 0 Å². The summed E-state index contributed by atoms with van der Waals surface area (Å²) in [6.45, 7) is 4.26. The molecule has 1 aliphatic rings. The van der Waals surface area contributed by atoms with Crippen LogP contribution in [0.1, 0.15) is 62.7 Å². The van der Waals surface area contributed by atoms with Crippen molar-refractivity contribution in [2.24, 2.45) is 5.92 Å². The van der Waals surface area contributed by atoms with Gasteiger partial charge in [-0.25, -0.2) is 8.78 Å². The van der Waals surface area contributed by atoms with Crippen molar-refractivity contribution < 1.29 is 23.1 Å². The van der Waals surface area contributed by atoms with E-state index in [4.69, 9.17) is 4.74 Å². The molecule has 1 fully saturated rings. The second kappa shape index (κ2) is 10.6. The zero-order chi connectivity index (χ0) is 23.3. The Hall–Kier alpha value is -2.96. The molecule has 32 heavy (non-hydrogen) atoms. The molecule has 5 nitrogen and oxygen atoms in total. The Morgan fingerprint density at radius 3 is 2.69 bits per heavy atom. The lowest BCUT2D eigenvalue weighted by Gasteiger charge is -2.41. The van der Waals surface area contributed by atoms with Crippen LogP contribution in [0.3, 0.4) is 0 Å². The van der Waals surface area contributed by atoms with Gasteiger partial charge in [0.25, 0.3) is 0 Å². The Morgan fingerprint density at radius 2 is 2.00 bits per heavy atom. The van der Waals surface area contributed by atoms with Gasteiger partial charge in [0.05, 0.1) is 25.1 Å². The van der Waals surface area contributed by atoms with Crippen LogP contribution in [0, 0.1) is 17.6 Å². The van der Waals surface area contributed by atoms with Gasteiger partial charge in [0.1, 0.15) is 17.4 Å². The fraction of sp³-hybridized carbons (Fsp3) is 0.440. The van der Waals surface area contributed by atoms with Crippen LogP contribution in [0.5, 0.6) is 5.75 Å². The molecule has 0 radical (unpaired) electrons. The zero-order valence-electron chi connectivity index (χ0n) is 18.7. The lowest BCUT2D eigenvalue weighted by atomic mass is 9.82. The Kier molecular flexibility index (Phi) is 7.83. The molecule has 0 spiro atoms. The van der Waals surface area contributed by atoms with E-state index in [9.17, 15) is 18.4 Å². The van der Waals surface area contributed by atoms with Gasteiger partial charge >= 0.3 is 0 Å². The molecule has 2 aromatic rings. The largest absolute Gasteiger partial charge is 0.496 e. The van der Waals surface area contributed by atoms with Crippen LogP contribution in [-0.2, 0) is 9.59 Å². The lowest BCUT2D eigenvalue weighted by molar-refractivity contribution is -0.143. The van der Waals surface area contributed by atoms with Gasteiger partial charge in [-0.3, -0.25) is 9.59 Å². The monoisotopic (exact) mass is 444 g/mol. The summed E-state index contributed by atoms with van der Waals surface area (Å²) in [5.74, 6) is -1.54. The summed E-state index contributed by atoms with van der Waals surface area (Å²) in [5, 5.41) is 2.87. The number of hydrogen-bond acceptors (Lipinski definition) is 3. The highest BCUT2D eigenvalue weighted by Gasteiger charge is 2.41. The second-order valence-corrected chi connectivity index (χ2v) is 8.17. The molecule has 3 atom stereocenters. The zero-order valence-corrected chi connectivity index (χ0v) is 18.7. The van der Waals surface area contributed by atoms with Gasteiger partial charge in [0, 0.05) is 30.2 Å². The van der Waals surface area contributed by atoms with Crippen molar-refractivity contribution in [3.63, 3.8) is 0 Å². The fourth-order valence-corrected chi connectivity index (χ4v) is 4.37. The third-order valence-corrected chi connectivity index (χ3v) is 6.04. The number of benzene rings is 2. The van der Waals surface area contributed by atoms with E-state index in [0.29, 0.717) is 18.7 Å². The van der Waals surface area contributed by atoms with Gasteiger partial charge in [0.15, 0.2) is 0 Å². The van der Waals surface area contributed by atoms with Gasteiger partial charge < -0.3 is 15.0 Å². The van der Waals surface area contributed by atoms with Crippen molar-refractivity contribution in [3.8, 4) is 5.75 Å². The standard InChI is InChI=1S/C25H30F2N2O3/c1-4-5-14-29-23(30)13-12-20(24(29)19-8-6-7-9-22(19)32-3)25(31)28-16(2)18-11-10-17(26)15-21(18)27/h6-11,15-16,20,24H,4-5,12-14H2,1-3H3,(H,28,31). The summed E-state index contributed by atoms with van der Waals surface area (Å²) in [6.07, 6.45) is 2.39. The van der Waals surface area contributed by atoms with Crippen LogP contribution in [0.25, 0.3) is 0 Å². The van der Waals surface area contributed by atoms with Crippen molar-refractivity contribution in [3.05, 3.63) is 65.2 Å². The third-order valence-electron chi connectivity index (χ3n) is 6.04. The number of unbranched alkanes of at least 4 members (excludes halogenated alkanes) is 1. The number of likely N-dealkylation sites (tertiary alicyclic amines) is 1. The predicted molar refractivity (Wildman–Crippen MR) is 118 cm³/mol. The van der Waals surface area contributed by atoms with Crippen molar-refractivity contribution >= 4 is 11.8 Å². The number of amides is 2. The van der Waals surface area contributed by atoms with Gasteiger partial charge in [-0.05, 0) is 31.9 Å². The SMILES string of the molecule is CCCCN1C(=O)CCC(C(=O)NC(C)c2ccc(F)cc2F)C1c1ccccc1OC. The summed E-state index contributed by atoms with van der Waals surface area (Å²) in [5.41, 5.74) is 0.989. The summed E-state index contributed by atoms with van der Waals surface area (Å²) in [7, 11) is 1.56. The first kappa shape index (κ1) is 23.7. The number of methoxy groups -OCH3 is 1. The summed E-state index contributed by atoms with van der Waals surface area (Å²) < 4.78 is 33.0. The predicted octanol–water partition coefficient (Wildman–Crippen LogP) is 4.93. The van der Waals surface area contributed by atoms with Crippen molar-refractivity contribution in [1.82, 2.24) is 10.2 Å². The molecule has 2 amide bonds. The number of nitrogens with zero attached hydrogens (tertiary/aromatic N) is 1. The quantitative estimate of drug-likeness (QED) is 0.628. The first-order valence-corrected chi connectivity index (χ1v) is 11.0. The normalized spacial score (nSPS) is 19.5. The number of halogens is 2. The topological polar surface area (TPSA) is 58.6 Å². The molecule has 0 saturated carbocycles. The molecule has 0 aromatic heterocycles. The summed E-state index contributed by atoms with van der Waals surface area (Å²) in [6, 6.07) is 9.59. The van der Waals surface area contributed by atoms with Crippen molar-refractivity contribution in [2.45, 2.75) is 51.6 Å². The van der Waals surface area contributed by atoms with E-state index in [0.717, 1.165) is 24.5 Å². The maximum absolute atomic E-state index is 14.2. The van der Waals surface area contributed by atoms with E-state index in [2.05, 4.69) is 12.2 Å². The molecule has 0 bridgehead atoms. The molecule has 0 aliphatic carbocycles. The highest BCUT2D eigenvalue weighted by atomic mass is 19.1. The Morgan fingerprint density at radius 1 is 1.25 bits per heavy atom. The molecular weight excluding hydrogens is 414 g/mol. The van der Waals surface area contributed by atoms with Gasteiger partial charge in [-0.2, -0.15) is 0 Å². The van der Waals surface area contributed by atoms with E-state index in [1.165, 1.54) is 12.1 Å². The van der Waals surface area contributed by atoms with Crippen LogP contribution in [0.2, 0.25) is 0 Å². The lowest BCUT2D eigenvalue weighted by Crippen LogP contribution is -2.48. The van der Waals surface area contributed by atoms with E-state index in [1.54, 1.807) is 18.9 Å². The van der Waals surface area contributed by atoms with E-state index >= 15 is 0 Å². The average Bonchev–Trinajstić information content (AvgIpc) is 2.77. The molecular formula is C25H30F2N2O3. The minimum Gasteiger partial charge on any atom is -0.496 e. The molecule has 3 rings (SSSR count). The first-order valence-electron chi connectivity index (χ1n) is 11.0. The molecule has 7 heteroatoms. The maximum atomic E-state index is 14.2.